The number of carbonyl (C=O) groups excluding carboxylic acids is 1. The lowest BCUT2D eigenvalue weighted by molar-refractivity contribution is -0.136. The molecule has 208 valence electrons. The van der Waals surface area contributed by atoms with Gasteiger partial charge in [-0.25, -0.2) is 0 Å². The van der Waals surface area contributed by atoms with Crippen LogP contribution in [-0.4, -0.2) is 40.4 Å². The van der Waals surface area contributed by atoms with E-state index < -0.39 is 5.97 Å². The topological polar surface area (TPSA) is 93.5 Å². The number of benzene rings is 4. The van der Waals surface area contributed by atoms with Crippen molar-refractivity contribution in [3.8, 4) is 28.3 Å². The summed E-state index contributed by atoms with van der Waals surface area (Å²) in [5.74, 6) is -0.881. The summed E-state index contributed by atoms with van der Waals surface area (Å²) in [5, 5.41) is 18.7. The predicted molar refractivity (Wildman–Crippen MR) is 162 cm³/mol. The molecule has 0 aliphatic carbocycles. The maximum atomic E-state index is 12.5. The van der Waals surface area contributed by atoms with Gasteiger partial charge >= 0.3 is 5.97 Å². The van der Waals surface area contributed by atoms with E-state index in [4.69, 9.17) is 39.5 Å². The van der Waals surface area contributed by atoms with Gasteiger partial charge in [-0.15, -0.1) is 0 Å². The maximum Gasteiger partial charge on any atom is 0.305 e. The number of carbonyl (C=O) groups is 2. The number of aliphatic carboxylic acids is 1. The lowest BCUT2D eigenvalue weighted by Crippen LogP contribution is -2.26. The summed E-state index contributed by atoms with van der Waals surface area (Å²) in [6.07, 6.45) is -0.163. The Morgan fingerprint density at radius 1 is 0.976 bits per heavy atom. The number of fused-ring (bicyclic) bond motifs is 1. The van der Waals surface area contributed by atoms with Gasteiger partial charge in [-0.05, 0) is 77.8 Å². The van der Waals surface area contributed by atoms with Gasteiger partial charge in [0.2, 0.25) is 0 Å². The molecule has 1 amide bonds. The summed E-state index contributed by atoms with van der Waals surface area (Å²) < 4.78 is 24.8. The Kier molecular flexibility index (Phi) is 7.53. The zero-order valence-electron chi connectivity index (χ0n) is 24.2. The van der Waals surface area contributed by atoms with Gasteiger partial charge in [0.05, 0.1) is 33.7 Å². The molecule has 1 aromatic heterocycles. The quantitative estimate of drug-likeness (QED) is 0.185. The molecule has 0 aliphatic rings. The summed E-state index contributed by atoms with van der Waals surface area (Å²) in [4.78, 5) is 23.2. The third kappa shape index (κ3) is 6.37. The van der Waals surface area contributed by atoms with Gasteiger partial charge < -0.3 is 15.2 Å². The highest BCUT2D eigenvalue weighted by atomic mass is 35.5. The van der Waals surface area contributed by atoms with Crippen molar-refractivity contribution in [2.75, 3.05) is 13.7 Å². The Bertz CT molecular complexity index is 1840. The van der Waals surface area contributed by atoms with Gasteiger partial charge in [-0.3, -0.25) is 14.3 Å². The fourth-order valence-electron chi connectivity index (χ4n) is 4.52. The number of nitrogens with zero attached hydrogens (tertiary/aromatic N) is 2. The van der Waals surface area contributed by atoms with E-state index in [0.717, 1.165) is 16.5 Å². The van der Waals surface area contributed by atoms with E-state index in [-0.39, 0.29) is 37.0 Å². The molecular formula is C32H27Cl2N3O4. The smallest absolute Gasteiger partial charge is 0.305 e. The molecule has 4 aromatic carbocycles. The predicted octanol–water partition coefficient (Wildman–Crippen LogP) is 7.50. The van der Waals surface area contributed by atoms with Gasteiger partial charge in [0, 0.05) is 33.3 Å². The monoisotopic (exact) mass is 591 g/mol. The SMILES string of the molecule is [3H]c1c(-c2cc(Cl)cc(Cl)c2)nn([C@@H](C)c2ccc(C(=O)NCCC(=O)O)cc2)c1-c1ccc2c([3H])c(OC)ccc2c1. The molecule has 5 rings (SSSR count). The molecule has 0 spiro atoms. The molecule has 0 unspecified atom stereocenters. The van der Waals surface area contributed by atoms with Crippen LogP contribution in [0.4, 0.5) is 0 Å². The van der Waals surface area contributed by atoms with Gasteiger partial charge in [0.25, 0.3) is 5.91 Å². The minimum atomic E-state index is -0.987. The molecule has 0 aliphatic heterocycles. The van der Waals surface area contributed by atoms with Gasteiger partial charge in [-0.2, -0.15) is 5.10 Å². The average molecular weight is 593 g/mol. The van der Waals surface area contributed by atoms with E-state index in [1.54, 1.807) is 53.2 Å². The second kappa shape index (κ2) is 12.0. The molecule has 0 radical (unpaired) electrons. The Labute approximate surface area is 250 Å². The first-order valence-electron chi connectivity index (χ1n) is 13.8. The summed E-state index contributed by atoms with van der Waals surface area (Å²) >= 11 is 12.6. The van der Waals surface area contributed by atoms with E-state index in [0.29, 0.717) is 43.7 Å². The largest absolute Gasteiger partial charge is 0.497 e. The van der Waals surface area contributed by atoms with Crippen molar-refractivity contribution in [2.24, 2.45) is 0 Å². The first-order valence-corrected chi connectivity index (χ1v) is 13.6. The number of methoxy groups -OCH3 is 1. The highest BCUT2D eigenvalue weighted by Crippen LogP contribution is 2.35. The molecule has 0 bridgehead atoms. The molecule has 0 saturated heterocycles. The highest BCUT2D eigenvalue weighted by Gasteiger charge is 2.19. The molecule has 1 heterocycles. The highest BCUT2D eigenvalue weighted by molar-refractivity contribution is 6.35. The van der Waals surface area contributed by atoms with Crippen LogP contribution in [0.3, 0.4) is 0 Å². The van der Waals surface area contributed by atoms with Crippen LogP contribution < -0.4 is 10.1 Å². The van der Waals surface area contributed by atoms with Crippen LogP contribution in [-0.2, 0) is 4.79 Å². The standard InChI is InChI=1S/C32H27Cl2N3O4/c1-19(20-3-5-21(6-4-20)32(40)35-12-11-31(38)39)37-30(18-29(36-37)25-14-26(33)17-27(34)15-25)24-8-7-23-16-28(41-2)10-9-22(23)13-24/h3-10,13-19H,11-12H2,1-2H3,(H,35,40)(H,38,39)/t19-/m0/s1/i16T,18T. The average Bonchev–Trinajstić information content (AvgIpc) is 3.33. The number of halogens is 2. The fourth-order valence-corrected chi connectivity index (χ4v) is 5.04. The Morgan fingerprint density at radius 3 is 2.37 bits per heavy atom. The lowest BCUT2D eigenvalue weighted by atomic mass is 10.0. The number of carboxylic acids is 1. The number of carboxylic acid groups (broad SMARTS) is 1. The van der Waals surface area contributed by atoms with E-state index in [1.165, 1.54) is 7.11 Å². The molecule has 2 N–H and O–H groups in total. The van der Waals surface area contributed by atoms with E-state index in [1.807, 2.05) is 31.2 Å². The van der Waals surface area contributed by atoms with E-state index in [9.17, 15) is 11.0 Å². The Morgan fingerprint density at radius 2 is 1.68 bits per heavy atom. The fraction of sp³-hybridized carbons (Fsp3) is 0.156. The maximum absolute atomic E-state index is 12.5. The normalized spacial score (nSPS) is 12.5. The molecule has 41 heavy (non-hydrogen) atoms. The minimum absolute atomic E-state index is 0.0335. The third-order valence-electron chi connectivity index (χ3n) is 6.67. The first kappa shape index (κ1) is 25.6. The number of nitrogens with one attached hydrogen (secondary N) is 1. The first-order chi connectivity index (χ1) is 20.6. The zero-order valence-corrected chi connectivity index (χ0v) is 23.8. The van der Waals surface area contributed by atoms with Crippen molar-refractivity contribution >= 4 is 45.9 Å². The number of hydrogen-bond donors (Lipinski definition) is 2. The summed E-state index contributed by atoms with van der Waals surface area (Å²) in [6.45, 7) is 1.98. The summed E-state index contributed by atoms with van der Waals surface area (Å²) in [6, 6.07) is 21.3. The molecular weight excluding hydrogens is 561 g/mol. The van der Waals surface area contributed by atoms with Crippen molar-refractivity contribution in [2.45, 2.75) is 19.4 Å². The van der Waals surface area contributed by atoms with Crippen molar-refractivity contribution in [1.82, 2.24) is 15.1 Å². The number of aromatic nitrogens is 2. The Hall–Kier alpha value is -4.33. The van der Waals surface area contributed by atoms with Crippen molar-refractivity contribution in [3.05, 3.63) is 106 Å². The molecule has 9 heteroatoms. The van der Waals surface area contributed by atoms with Crippen molar-refractivity contribution < 1.29 is 22.2 Å². The second-order valence-corrected chi connectivity index (χ2v) is 10.3. The molecule has 1 atom stereocenters. The van der Waals surface area contributed by atoms with Crippen LogP contribution in [0.5, 0.6) is 5.75 Å². The van der Waals surface area contributed by atoms with E-state index in [2.05, 4.69) is 5.32 Å². The molecule has 7 nitrogen and oxygen atoms in total. The van der Waals surface area contributed by atoms with Gasteiger partial charge in [0.1, 0.15) is 5.75 Å². The van der Waals surface area contributed by atoms with Gasteiger partial charge in [0.15, 0.2) is 0 Å². The summed E-state index contributed by atoms with van der Waals surface area (Å²) in [7, 11) is 1.53. The van der Waals surface area contributed by atoms with Crippen LogP contribution in [0, 0.1) is 0 Å². The van der Waals surface area contributed by atoms with Crippen LogP contribution in [0.15, 0.2) is 84.9 Å². The van der Waals surface area contributed by atoms with Crippen molar-refractivity contribution in [1.29, 1.82) is 0 Å². The second-order valence-electron chi connectivity index (χ2n) is 9.45. The van der Waals surface area contributed by atoms with E-state index >= 15 is 0 Å². The summed E-state index contributed by atoms with van der Waals surface area (Å²) in [5.41, 5.74) is 3.52. The lowest BCUT2D eigenvalue weighted by Gasteiger charge is -2.17. The number of hydrogen-bond acceptors (Lipinski definition) is 4. The Balaban J connectivity index is 1.59. The minimum Gasteiger partial charge on any atom is -0.497 e. The number of amides is 1. The number of ether oxygens (including phenoxy) is 1. The number of rotatable bonds is 9. The van der Waals surface area contributed by atoms with Crippen LogP contribution in [0.1, 0.15) is 38.0 Å². The van der Waals surface area contributed by atoms with Crippen molar-refractivity contribution in [3.63, 3.8) is 0 Å². The molecule has 0 saturated carbocycles. The van der Waals surface area contributed by atoms with Gasteiger partial charge in [-0.1, -0.05) is 53.5 Å². The van der Waals surface area contributed by atoms with Crippen LogP contribution in [0.2, 0.25) is 10.0 Å². The zero-order chi connectivity index (χ0) is 30.8. The molecule has 5 aromatic rings. The molecule has 0 fully saturated rings. The third-order valence-corrected chi connectivity index (χ3v) is 7.11. The van der Waals surface area contributed by atoms with Crippen LogP contribution >= 0.6 is 23.2 Å². The van der Waals surface area contributed by atoms with Crippen LogP contribution in [0.25, 0.3) is 33.3 Å².